The smallest absolute Gasteiger partial charge is 0.190 e. The van der Waals surface area contributed by atoms with Crippen LogP contribution in [0.2, 0.25) is 0 Å². The number of carbonyl (C=O) groups excluding carboxylic acids is 2. The second kappa shape index (κ2) is 3.52. The zero-order valence-electron chi connectivity index (χ0n) is 9.40. The molecule has 17 heavy (non-hydrogen) atoms. The van der Waals surface area contributed by atoms with Crippen molar-refractivity contribution in [3.8, 4) is 0 Å². The zero-order valence-corrected chi connectivity index (χ0v) is 9.40. The standard InChI is InChI=1S/C15H12O2/c1-9-11-7-8-12(16)14(11)13(15(9)17)10-5-3-2-4-6-10/h2-6,11H,1,7-8H2. The van der Waals surface area contributed by atoms with E-state index >= 15 is 0 Å². The van der Waals surface area contributed by atoms with Crippen LogP contribution in [0, 0.1) is 5.92 Å². The molecule has 3 rings (SSSR count). The lowest BCUT2D eigenvalue weighted by atomic mass is 10.00. The third kappa shape index (κ3) is 1.34. The number of ketones is 2. The fourth-order valence-corrected chi connectivity index (χ4v) is 2.74. The molecule has 2 aliphatic rings. The topological polar surface area (TPSA) is 34.1 Å². The van der Waals surface area contributed by atoms with Gasteiger partial charge in [0, 0.05) is 29.1 Å². The monoisotopic (exact) mass is 224 g/mol. The molecule has 84 valence electrons. The fourth-order valence-electron chi connectivity index (χ4n) is 2.74. The number of carbonyl (C=O) groups is 2. The summed E-state index contributed by atoms with van der Waals surface area (Å²) in [5.41, 5.74) is 2.71. The number of fused-ring (bicyclic) bond motifs is 1. The van der Waals surface area contributed by atoms with Crippen molar-refractivity contribution in [2.24, 2.45) is 5.92 Å². The highest BCUT2D eigenvalue weighted by molar-refractivity contribution is 6.37. The Bertz CT molecular complexity index is 564. The first-order chi connectivity index (χ1) is 8.20. The Balaban J connectivity index is 2.23. The summed E-state index contributed by atoms with van der Waals surface area (Å²) in [5.74, 6) is 0.0373. The lowest BCUT2D eigenvalue weighted by molar-refractivity contribution is -0.115. The Morgan fingerprint density at radius 2 is 1.82 bits per heavy atom. The van der Waals surface area contributed by atoms with Gasteiger partial charge in [0.1, 0.15) is 0 Å². The van der Waals surface area contributed by atoms with Gasteiger partial charge in [-0.15, -0.1) is 0 Å². The van der Waals surface area contributed by atoms with Crippen LogP contribution in [0.4, 0.5) is 0 Å². The van der Waals surface area contributed by atoms with Gasteiger partial charge in [0.25, 0.3) is 0 Å². The minimum Gasteiger partial charge on any atom is -0.295 e. The minimum absolute atomic E-state index is 0.0230. The summed E-state index contributed by atoms with van der Waals surface area (Å²) in [6.45, 7) is 3.84. The van der Waals surface area contributed by atoms with E-state index < -0.39 is 0 Å². The maximum absolute atomic E-state index is 12.2. The maximum Gasteiger partial charge on any atom is 0.190 e. The molecule has 0 spiro atoms. The van der Waals surface area contributed by atoms with E-state index in [1.54, 1.807) is 0 Å². The third-order valence-electron chi connectivity index (χ3n) is 3.58. The molecule has 1 aromatic rings. The van der Waals surface area contributed by atoms with Crippen molar-refractivity contribution in [2.45, 2.75) is 12.8 Å². The Hall–Kier alpha value is -1.96. The SMILES string of the molecule is C=C1C(=O)C(c2ccccc2)=C2C(=O)CCC12. The number of Topliss-reactive ketones (excluding diaryl/α,β-unsaturated/α-hetero) is 2. The highest BCUT2D eigenvalue weighted by Gasteiger charge is 2.43. The Labute approximate surface area is 99.6 Å². The van der Waals surface area contributed by atoms with Crippen molar-refractivity contribution in [3.05, 3.63) is 53.6 Å². The average Bonchev–Trinajstić information content (AvgIpc) is 2.83. The molecule has 0 bridgehead atoms. The summed E-state index contributed by atoms with van der Waals surface area (Å²) in [6.07, 6.45) is 1.29. The number of allylic oxidation sites excluding steroid dienone is 3. The highest BCUT2D eigenvalue weighted by atomic mass is 16.1. The summed E-state index contributed by atoms with van der Waals surface area (Å²) in [6, 6.07) is 9.41. The molecule has 1 unspecified atom stereocenters. The molecule has 0 aliphatic heterocycles. The van der Waals surface area contributed by atoms with E-state index in [0.29, 0.717) is 23.1 Å². The van der Waals surface area contributed by atoms with Gasteiger partial charge < -0.3 is 0 Å². The van der Waals surface area contributed by atoms with Gasteiger partial charge in [0.05, 0.1) is 0 Å². The number of hydrogen-bond acceptors (Lipinski definition) is 2. The average molecular weight is 224 g/mol. The van der Waals surface area contributed by atoms with Gasteiger partial charge in [-0.05, 0) is 12.0 Å². The normalized spacial score (nSPS) is 23.5. The van der Waals surface area contributed by atoms with Crippen LogP contribution >= 0.6 is 0 Å². The van der Waals surface area contributed by atoms with Crippen LogP contribution in [0.15, 0.2) is 48.1 Å². The van der Waals surface area contributed by atoms with Gasteiger partial charge in [-0.1, -0.05) is 36.9 Å². The molecule has 0 heterocycles. The molecule has 0 radical (unpaired) electrons. The van der Waals surface area contributed by atoms with E-state index in [0.717, 1.165) is 12.0 Å². The molecule has 0 saturated heterocycles. The summed E-state index contributed by atoms with van der Waals surface area (Å²) < 4.78 is 0. The zero-order chi connectivity index (χ0) is 12.0. The summed E-state index contributed by atoms with van der Waals surface area (Å²) >= 11 is 0. The molecule has 0 N–H and O–H groups in total. The van der Waals surface area contributed by atoms with Gasteiger partial charge in [0.2, 0.25) is 0 Å². The molecular formula is C15H12O2. The van der Waals surface area contributed by atoms with Crippen LogP contribution in [-0.2, 0) is 9.59 Å². The largest absolute Gasteiger partial charge is 0.295 e. The van der Waals surface area contributed by atoms with Crippen molar-refractivity contribution in [3.63, 3.8) is 0 Å². The van der Waals surface area contributed by atoms with Gasteiger partial charge in [0.15, 0.2) is 11.6 Å². The molecular weight excluding hydrogens is 212 g/mol. The van der Waals surface area contributed by atoms with Gasteiger partial charge in [-0.3, -0.25) is 9.59 Å². The van der Waals surface area contributed by atoms with E-state index in [4.69, 9.17) is 0 Å². The van der Waals surface area contributed by atoms with Crippen LogP contribution in [0.25, 0.3) is 5.57 Å². The van der Waals surface area contributed by atoms with Crippen molar-refractivity contribution in [1.29, 1.82) is 0 Å². The Morgan fingerprint density at radius 3 is 2.53 bits per heavy atom. The number of benzene rings is 1. The predicted octanol–water partition coefficient (Wildman–Crippen LogP) is 2.56. The molecule has 2 aliphatic carbocycles. The Morgan fingerprint density at radius 1 is 1.12 bits per heavy atom. The molecule has 2 nitrogen and oxygen atoms in total. The van der Waals surface area contributed by atoms with Crippen LogP contribution in [0.5, 0.6) is 0 Å². The van der Waals surface area contributed by atoms with Crippen molar-refractivity contribution in [2.75, 3.05) is 0 Å². The van der Waals surface area contributed by atoms with Crippen LogP contribution in [-0.4, -0.2) is 11.6 Å². The highest BCUT2D eigenvalue weighted by Crippen LogP contribution is 2.45. The first-order valence-electron chi connectivity index (χ1n) is 5.76. The summed E-state index contributed by atoms with van der Waals surface area (Å²) in [4.78, 5) is 24.0. The minimum atomic E-state index is -0.0516. The molecule has 0 aromatic heterocycles. The second-order valence-electron chi connectivity index (χ2n) is 4.52. The molecule has 0 amide bonds. The van der Waals surface area contributed by atoms with Crippen LogP contribution < -0.4 is 0 Å². The van der Waals surface area contributed by atoms with Crippen LogP contribution in [0.3, 0.4) is 0 Å². The van der Waals surface area contributed by atoms with E-state index in [2.05, 4.69) is 6.58 Å². The van der Waals surface area contributed by atoms with Crippen molar-refractivity contribution >= 4 is 17.1 Å². The van der Waals surface area contributed by atoms with E-state index in [1.807, 2.05) is 30.3 Å². The van der Waals surface area contributed by atoms with Gasteiger partial charge in [-0.2, -0.15) is 0 Å². The predicted molar refractivity (Wildman–Crippen MR) is 65.2 cm³/mol. The quantitative estimate of drug-likeness (QED) is 0.687. The third-order valence-corrected chi connectivity index (χ3v) is 3.58. The molecule has 1 atom stereocenters. The van der Waals surface area contributed by atoms with Crippen molar-refractivity contribution < 1.29 is 9.59 Å². The van der Waals surface area contributed by atoms with Gasteiger partial charge in [-0.25, -0.2) is 0 Å². The Kier molecular flexibility index (Phi) is 2.11. The first-order valence-corrected chi connectivity index (χ1v) is 5.76. The van der Waals surface area contributed by atoms with Gasteiger partial charge >= 0.3 is 0 Å². The number of hydrogen-bond donors (Lipinski definition) is 0. The van der Waals surface area contributed by atoms with E-state index in [9.17, 15) is 9.59 Å². The van der Waals surface area contributed by atoms with E-state index in [-0.39, 0.29) is 17.5 Å². The lowest BCUT2D eigenvalue weighted by Gasteiger charge is -2.02. The fraction of sp³-hybridized carbons (Fsp3) is 0.200. The lowest BCUT2D eigenvalue weighted by Crippen LogP contribution is -2.02. The number of rotatable bonds is 1. The summed E-state index contributed by atoms with van der Waals surface area (Å²) in [5, 5.41) is 0. The molecule has 1 saturated carbocycles. The first kappa shape index (κ1) is 10.2. The maximum atomic E-state index is 12.2. The molecule has 2 heteroatoms. The molecule has 1 fully saturated rings. The summed E-state index contributed by atoms with van der Waals surface area (Å²) in [7, 11) is 0. The molecule has 1 aromatic carbocycles. The second-order valence-corrected chi connectivity index (χ2v) is 4.52. The van der Waals surface area contributed by atoms with Crippen molar-refractivity contribution in [1.82, 2.24) is 0 Å². The van der Waals surface area contributed by atoms with E-state index in [1.165, 1.54) is 0 Å². The van der Waals surface area contributed by atoms with Crippen LogP contribution in [0.1, 0.15) is 18.4 Å².